The van der Waals surface area contributed by atoms with Crippen LogP contribution in [0.4, 0.5) is 0 Å². The lowest BCUT2D eigenvalue weighted by Gasteiger charge is -2.11. The number of aromatic nitrogens is 2. The number of carbonyl (C=O) groups is 4. The highest BCUT2D eigenvalue weighted by atomic mass is 79.9. The van der Waals surface area contributed by atoms with Crippen molar-refractivity contribution >= 4 is 36.1 Å². The lowest BCUT2D eigenvalue weighted by atomic mass is 10.1. The molecule has 2 aliphatic heterocycles. The number of amides is 4. The summed E-state index contributed by atoms with van der Waals surface area (Å²) in [7, 11) is 0. The predicted octanol–water partition coefficient (Wildman–Crippen LogP) is -2.26. The fraction of sp³-hybridized carbons (Fsp3) is 0.222. The van der Waals surface area contributed by atoms with E-state index in [2.05, 4.69) is 19.4 Å². The van der Waals surface area contributed by atoms with Gasteiger partial charge < -0.3 is 43.6 Å². The molecule has 0 unspecified atom stereocenters. The minimum absolute atomic E-state index is 0. The Morgan fingerprint density at radius 2 is 0.820 bits per heavy atom. The molecule has 6 rings (SSSR count). The number of hydrogen-bond acceptors (Lipinski definition) is 8. The second-order valence-electron chi connectivity index (χ2n) is 11.3. The summed E-state index contributed by atoms with van der Waals surface area (Å²) >= 11 is 0. The van der Waals surface area contributed by atoms with Gasteiger partial charge in [-0.25, -0.2) is 18.9 Å². The van der Waals surface area contributed by atoms with Crippen molar-refractivity contribution in [1.29, 1.82) is 0 Å². The maximum atomic E-state index is 12.4. The number of imide groups is 2. The maximum Gasteiger partial charge on any atom is 0.264 e. The summed E-state index contributed by atoms with van der Waals surface area (Å²) in [5, 5.41) is 7.83. The summed E-state index contributed by atoms with van der Waals surface area (Å²) in [5.41, 5.74) is 3.21. The molecule has 2 aromatic heterocycles. The number of rotatable bonds is 15. The van der Waals surface area contributed by atoms with Gasteiger partial charge in [0.05, 0.1) is 34.7 Å². The third-order valence-electron chi connectivity index (χ3n) is 8.10. The van der Waals surface area contributed by atoms with Gasteiger partial charge in [-0.15, -0.1) is 0 Å². The first-order chi connectivity index (χ1) is 23.5. The molecule has 0 bridgehead atoms. The van der Waals surface area contributed by atoms with Gasteiger partial charge in [0.2, 0.25) is 0 Å². The molecule has 14 heteroatoms. The zero-order chi connectivity index (χ0) is 33.3. The summed E-state index contributed by atoms with van der Waals surface area (Å²) in [6.45, 7) is 1.33. The minimum atomic E-state index is -0.379. The minimum Gasteiger partial charge on any atom is -1.00 e. The van der Waals surface area contributed by atoms with Crippen LogP contribution in [0.25, 0.3) is 0 Å². The van der Waals surface area contributed by atoms with E-state index < -0.39 is 0 Å². The Kier molecular flexibility index (Phi) is 13.6. The smallest absolute Gasteiger partial charge is 0.264 e. The number of nitrogens with zero attached hydrogens (tertiary/aromatic N) is 6. The summed E-state index contributed by atoms with van der Waals surface area (Å²) in [6, 6.07) is 21.1. The number of benzene rings is 2. The molecule has 4 heterocycles. The van der Waals surface area contributed by atoms with Gasteiger partial charge in [-0.1, -0.05) is 34.6 Å². The number of fused-ring (bicyclic) bond motifs is 2. The van der Waals surface area contributed by atoms with Crippen molar-refractivity contribution < 1.29 is 72.0 Å². The second kappa shape index (κ2) is 18.1. The van der Waals surface area contributed by atoms with Gasteiger partial charge >= 0.3 is 0 Å². The summed E-state index contributed by atoms with van der Waals surface area (Å²) < 4.78 is 4.24. The Bertz CT molecular complexity index is 1680. The molecule has 0 radical (unpaired) electrons. The van der Waals surface area contributed by atoms with Crippen molar-refractivity contribution in [3.8, 4) is 0 Å². The second-order valence-corrected chi connectivity index (χ2v) is 11.3. The normalized spacial score (nSPS) is 13.4. The number of carbonyl (C=O) groups excluding carboxylic acids is 4. The summed E-state index contributed by atoms with van der Waals surface area (Å²) in [6.07, 6.45) is 15.4. The van der Waals surface area contributed by atoms with Crippen LogP contribution in [-0.4, -0.2) is 59.3 Å². The molecule has 0 N–H and O–H groups in total. The predicted molar refractivity (Wildman–Crippen MR) is 173 cm³/mol. The number of oxime groups is 2. The van der Waals surface area contributed by atoms with Crippen molar-refractivity contribution in [1.82, 2.24) is 9.80 Å². The zero-order valence-corrected chi connectivity index (χ0v) is 30.1. The molecule has 0 aliphatic carbocycles. The average molecular weight is 807 g/mol. The number of aryl methyl sites for hydroxylation is 2. The van der Waals surface area contributed by atoms with Crippen LogP contribution in [-0.2, 0) is 22.8 Å². The van der Waals surface area contributed by atoms with Gasteiger partial charge in [-0.05, 0) is 37.1 Å². The molecule has 0 saturated heterocycles. The van der Waals surface area contributed by atoms with Crippen molar-refractivity contribution in [2.75, 3.05) is 13.5 Å². The fourth-order valence-corrected chi connectivity index (χ4v) is 5.44. The Morgan fingerprint density at radius 3 is 1.14 bits per heavy atom. The summed E-state index contributed by atoms with van der Waals surface area (Å²) in [5.74, 6) is -1.52. The van der Waals surface area contributed by atoms with Crippen LogP contribution < -0.4 is 43.1 Å². The third kappa shape index (κ3) is 8.93. The van der Waals surface area contributed by atoms with E-state index in [0.29, 0.717) is 22.3 Å². The van der Waals surface area contributed by atoms with Crippen molar-refractivity contribution in [3.05, 3.63) is 131 Å². The van der Waals surface area contributed by atoms with Crippen LogP contribution in [0.1, 0.15) is 78.2 Å². The molecular weight excluding hydrogens is 772 g/mol. The van der Waals surface area contributed by atoms with Crippen LogP contribution in [0.3, 0.4) is 0 Å². The zero-order valence-electron chi connectivity index (χ0n) is 26.9. The molecule has 258 valence electrons. The Hall–Kier alpha value is -5.08. The van der Waals surface area contributed by atoms with Gasteiger partial charge in [0, 0.05) is 48.2 Å². The molecule has 0 atom stereocenters. The van der Waals surface area contributed by atoms with Crippen molar-refractivity contribution in [2.45, 2.75) is 38.8 Å². The Morgan fingerprint density at radius 1 is 0.500 bits per heavy atom. The van der Waals surface area contributed by atoms with Gasteiger partial charge in [0.25, 0.3) is 23.6 Å². The van der Waals surface area contributed by atoms with Crippen LogP contribution in [0, 0.1) is 0 Å². The number of pyridine rings is 2. The first kappa shape index (κ1) is 37.7. The quantitative estimate of drug-likeness (QED) is 0.0440. The van der Waals surface area contributed by atoms with E-state index in [0.717, 1.165) is 59.7 Å². The molecule has 4 amide bonds. The van der Waals surface area contributed by atoms with Crippen LogP contribution in [0.2, 0.25) is 0 Å². The molecule has 0 fully saturated rings. The first-order valence-corrected chi connectivity index (χ1v) is 15.7. The highest BCUT2D eigenvalue weighted by molar-refractivity contribution is 6.21. The van der Waals surface area contributed by atoms with Crippen molar-refractivity contribution in [2.24, 2.45) is 10.3 Å². The van der Waals surface area contributed by atoms with Crippen LogP contribution >= 0.6 is 0 Å². The molecule has 12 nitrogen and oxygen atoms in total. The lowest BCUT2D eigenvalue weighted by molar-refractivity contribution is -0.698. The van der Waals surface area contributed by atoms with Gasteiger partial charge in [0.1, 0.15) is 13.1 Å². The SMILES string of the molecule is O=C1c2ccccc2C(=O)N1CO/N=C/c1cc[n+](CCCCCC[n+]2ccc(/C=N/OCN3C(=O)c4ccccc4C3=O)cc2)cc1.[Br-].[Br-]. The average Bonchev–Trinajstić information content (AvgIpc) is 3.51. The van der Waals surface area contributed by atoms with E-state index in [1.165, 1.54) is 0 Å². The molecule has 2 aliphatic rings. The third-order valence-corrected chi connectivity index (χ3v) is 8.10. The van der Waals surface area contributed by atoms with Gasteiger partial charge in [0.15, 0.2) is 38.2 Å². The number of unbranched alkanes of at least 4 members (excludes halogenated alkanes) is 3. The standard InChI is InChI=1S/C36H34N6O6.2BrH/c43-33-29-9-3-4-10-30(29)34(44)41(33)25-47-37-23-27-13-19-39(20-14-27)17-7-1-2-8-18-40-21-15-28(16-22-40)24-38-48-26-42-35(45)31-11-5-6-12-32(31)36(42)46;;/h3-6,9-16,19-24H,1-2,7-8,17-18,25-26H2;2*1H/q+2;;/p-2/b37-23+,38-24+;;. The highest BCUT2D eigenvalue weighted by Gasteiger charge is 2.36. The van der Waals surface area contributed by atoms with E-state index >= 15 is 0 Å². The van der Waals surface area contributed by atoms with E-state index in [-0.39, 0.29) is 71.1 Å². The molecule has 0 spiro atoms. The van der Waals surface area contributed by atoms with E-state index in [9.17, 15) is 19.2 Å². The fourth-order valence-electron chi connectivity index (χ4n) is 5.44. The largest absolute Gasteiger partial charge is 1.00 e. The van der Waals surface area contributed by atoms with E-state index in [1.807, 2.05) is 49.1 Å². The molecule has 2 aromatic carbocycles. The number of halogens is 2. The molecule has 50 heavy (non-hydrogen) atoms. The first-order valence-electron chi connectivity index (χ1n) is 15.7. The number of hydrogen-bond donors (Lipinski definition) is 0. The molecule has 4 aromatic rings. The van der Waals surface area contributed by atoms with Crippen LogP contribution in [0.5, 0.6) is 0 Å². The van der Waals surface area contributed by atoms with Gasteiger partial charge in [-0.3, -0.25) is 19.2 Å². The Balaban J connectivity index is 0.00000281. The maximum absolute atomic E-state index is 12.4. The summed E-state index contributed by atoms with van der Waals surface area (Å²) in [4.78, 5) is 62.1. The topological polar surface area (TPSA) is 126 Å². The molecular formula is C36H34Br2N6O6. The van der Waals surface area contributed by atoms with E-state index in [4.69, 9.17) is 9.68 Å². The van der Waals surface area contributed by atoms with Crippen LogP contribution in [0.15, 0.2) is 108 Å². The van der Waals surface area contributed by atoms with Gasteiger partial charge in [-0.2, -0.15) is 0 Å². The van der Waals surface area contributed by atoms with Crippen molar-refractivity contribution in [3.63, 3.8) is 0 Å². The lowest BCUT2D eigenvalue weighted by Crippen LogP contribution is -3.00. The van der Waals surface area contributed by atoms with E-state index in [1.54, 1.807) is 61.0 Å². The monoisotopic (exact) mass is 804 g/mol. The highest BCUT2D eigenvalue weighted by Crippen LogP contribution is 2.23. The molecule has 0 saturated carbocycles. The Labute approximate surface area is 310 Å².